The van der Waals surface area contributed by atoms with Crippen LogP contribution in [0.15, 0.2) is 6.33 Å². The Labute approximate surface area is 92.5 Å². The molecular formula is C10H14F2N4. The summed E-state index contributed by atoms with van der Waals surface area (Å²) >= 11 is 0. The van der Waals surface area contributed by atoms with E-state index in [1.54, 1.807) is 11.8 Å². The summed E-state index contributed by atoms with van der Waals surface area (Å²) in [6.07, 6.45) is 0.795. The zero-order valence-corrected chi connectivity index (χ0v) is 9.03. The summed E-state index contributed by atoms with van der Waals surface area (Å²) < 4.78 is 26.9. The van der Waals surface area contributed by atoms with Gasteiger partial charge in [-0.05, 0) is 6.42 Å². The molecule has 88 valence electrons. The topological polar surface area (TPSA) is 55.0 Å². The molecule has 2 N–H and O–H groups in total. The first-order valence-corrected chi connectivity index (χ1v) is 5.24. The number of hydrogen-bond donors (Lipinski definition) is 1. The van der Waals surface area contributed by atoms with Crippen LogP contribution in [-0.4, -0.2) is 29.2 Å². The molecule has 6 heteroatoms. The predicted octanol–water partition coefficient (Wildman–Crippen LogP) is 1.38. The molecule has 16 heavy (non-hydrogen) atoms. The number of hydrogen-bond acceptors (Lipinski definition) is 4. The van der Waals surface area contributed by atoms with Crippen LogP contribution in [0.5, 0.6) is 0 Å². The van der Waals surface area contributed by atoms with Crippen LogP contribution in [0.3, 0.4) is 0 Å². The van der Waals surface area contributed by atoms with E-state index in [0.717, 1.165) is 0 Å². The van der Waals surface area contributed by atoms with Crippen molar-refractivity contribution >= 4 is 11.6 Å². The van der Waals surface area contributed by atoms with Crippen LogP contribution in [0.25, 0.3) is 0 Å². The largest absolute Gasteiger partial charge is 0.381 e. The Morgan fingerprint density at radius 2 is 2.25 bits per heavy atom. The summed E-state index contributed by atoms with van der Waals surface area (Å²) in [4.78, 5) is 9.14. The highest BCUT2D eigenvalue weighted by Crippen LogP contribution is 2.26. The average molecular weight is 228 g/mol. The maximum absolute atomic E-state index is 13.6. The fourth-order valence-corrected chi connectivity index (χ4v) is 1.90. The Bertz CT molecular complexity index is 385. The fraction of sp³-hybridized carbons (Fsp3) is 0.600. The monoisotopic (exact) mass is 228 g/mol. The van der Waals surface area contributed by atoms with Gasteiger partial charge in [0.25, 0.3) is 0 Å². The van der Waals surface area contributed by atoms with E-state index in [9.17, 15) is 8.78 Å². The minimum Gasteiger partial charge on any atom is -0.381 e. The quantitative estimate of drug-likeness (QED) is 0.789. The summed E-state index contributed by atoms with van der Waals surface area (Å²) in [5, 5.41) is 0. The lowest BCUT2D eigenvalue weighted by molar-refractivity contribution is 0.206. The van der Waals surface area contributed by atoms with Crippen LogP contribution in [0.2, 0.25) is 0 Å². The zero-order valence-electron chi connectivity index (χ0n) is 9.03. The molecule has 1 aromatic heterocycles. The lowest BCUT2D eigenvalue weighted by Gasteiger charge is -2.34. The number of alkyl halides is 1. The number of piperidine rings is 1. The van der Waals surface area contributed by atoms with Crippen LogP contribution in [0, 0.1) is 11.7 Å². The number of rotatable bonds is 1. The number of aromatic nitrogens is 2. The average Bonchev–Trinajstić information content (AvgIpc) is 2.26. The molecule has 2 heterocycles. The summed E-state index contributed by atoms with van der Waals surface area (Å²) in [5.41, 5.74) is 5.36. The highest BCUT2D eigenvalue weighted by atomic mass is 19.1. The van der Waals surface area contributed by atoms with Crippen LogP contribution >= 0.6 is 0 Å². The first-order valence-electron chi connectivity index (χ1n) is 5.24. The third-order valence-corrected chi connectivity index (χ3v) is 2.90. The molecule has 0 aliphatic carbocycles. The van der Waals surface area contributed by atoms with Gasteiger partial charge in [0.2, 0.25) is 5.82 Å². The van der Waals surface area contributed by atoms with Gasteiger partial charge in [-0.3, -0.25) is 0 Å². The minimum absolute atomic E-state index is 0.121. The van der Waals surface area contributed by atoms with Gasteiger partial charge in [0, 0.05) is 19.0 Å². The summed E-state index contributed by atoms with van der Waals surface area (Å²) in [5.74, 6) is -0.734. The second kappa shape index (κ2) is 4.19. The fourth-order valence-electron chi connectivity index (χ4n) is 1.90. The Balaban J connectivity index is 2.22. The molecule has 0 amide bonds. The smallest absolute Gasteiger partial charge is 0.207 e. The van der Waals surface area contributed by atoms with Crippen molar-refractivity contribution in [2.45, 2.75) is 19.5 Å². The number of nitrogens with two attached hydrogens (primary N) is 1. The normalized spacial score (nSPS) is 25.8. The van der Waals surface area contributed by atoms with Gasteiger partial charge in [0.1, 0.15) is 12.5 Å². The van der Waals surface area contributed by atoms with Gasteiger partial charge < -0.3 is 10.6 Å². The Morgan fingerprint density at radius 1 is 1.50 bits per heavy atom. The third-order valence-electron chi connectivity index (χ3n) is 2.90. The van der Waals surface area contributed by atoms with Crippen molar-refractivity contribution in [2.75, 3.05) is 23.7 Å². The van der Waals surface area contributed by atoms with Crippen LogP contribution < -0.4 is 10.6 Å². The van der Waals surface area contributed by atoms with E-state index in [2.05, 4.69) is 9.97 Å². The van der Waals surface area contributed by atoms with Crippen molar-refractivity contribution in [3.63, 3.8) is 0 Å². The standard InChI is InChI=1S/C10H14F2N4/c1-6-4-16(3-2-7(6)11)10-8(12)9(13)14-5-15-10/h5-7H,2-4H2,1H3,(H2,13,14,15)/t6?,7-/m1/s1. The van der Waals surface area contributed by atoms with Crippen LogP contribution in [0.1, 0.15) is 13.3 Å². The van der Waals surface area contributed by atoms with E-state index in [-0.39, 0.29) is 17.6 Å². The van der Waals surface area contributed by atoms with Gasteiger partial charge in [0.15, 0.2) is 11.6 Å². The maximum Gasteiger partial charge on any atom is 0.207 e. The molecule has 0 saturated carbocycles. The van der Waals surface area contributed by atoms with Gasteiger partial charge in [-0.2, -0.15) is 4.39 Å². The van der Waals surface area contributed by atoms with Crippen molar-refractivity contribution in [1.29, 1.82) is 0 Å². The van der Waals surface area contributed by atoms with E-state index in [0.29, 0.717) is 19.5 Å². The molecule has 1 saturated heterocycles. The molecule has 4 nitrogen and oxygen atoms in total. The highest BCUT2D eigenvalue weighted by molar-refractivity contribution is 5.48. The second-order valence-electron chi connectivity index (χ2n) is 4.12. The number of nitrogens with zero attached hydrogens (tertiary/aromatic N) is 3. The van der Waals surface area contributed by atoms with Crippen LogP contribution in [-0.2, 0) is 0 Å². The maximum atomic E-state index is 13.6. The molecule has 2 atom stereocenters. The molecule has 1 unspecified atom stereocenters. The lowest BCUT2D eigenvalue weighted by atomic mass is 9.98. The SMILES string of the molecule is CC1CN(c2ncnc(N)c2F)CC[C@H]1F. The molecular weight excluding hydrogens is 214 g/mol. The van der Waals surface area contributed by atoms with Crippen LogP contribution in [0.4, 0.5) is 20.4 Å². The Kier molecular flexibility index (Phi) is 2.89. The highest BCUT2D eigenvalue weighted by Gasteiger charge is 2.28. The molecule has 0 spiro atoms. The molecule has 0 bridgehead atoms. The first-order chi connectivity index (χ1) is 7.59. The Hall–Kier alpha value is -1.46. The van der Waals surface area contributed by atoms with Crippen molar-refractivity contribution in [2.24, 2.45) is 5.92 Å². The second-order valence-corrected chi connectivity index (χ2v) is 4.12. The zero-order chi connectivity index (χ0) is 11.7. The molecule has 1 aromatic rings. The summed E-state index contributed by atoms with van der Waals surface area (Å²) in [7, 11) is 0. The number of nitrogen functional groups attached to an aromatic ring is 1. The van der Waals surface area contributed by atoms with E-state index in [4.69, 9.17) is 5.73 Å². The summed E-state index contributed by atoms with van der Waals surface area (Å²) in [6, 6.07) is 0. The number of anilines is 2. The van der Waals surface area contributed by atoms with Crippen molar-refractivity contribution in [3.05, 3.63) is 12.1 Å². The first kappa shape index (κ1) is 11.0. The lowest BCUT2D eigenvalue weighted by Crippen LogP contribution is -2.41. The van der Waals surface area contributed by atoms with Gasteiger partial charge >= 0.3 is 0 Å². The molecule has 1 fully saturated rings. The molecule has 0 radical (unpaired) electrons. The van der Waals surface area contributed by atoms with Gasteiger partial charge in [-0.15, -0.1) is 0 Å². The molecule has 1 aliphatic rings. The van der Waals surface area contributed by atoms with Gasteiger partial charge in [-0.25, -0.2) is 14.4 Å². The molecule has 0 aromatic carbocycles. The van der Waals surface area contributed by atoms with E-state index in [1.165, 1.54) is 6.33 Å². The predicted molar refractivity (Wildman–Crippen MR) is 57.3 cm³/mol. The van der Waals surface area contributed by atoms with Gasteiger partial charge in [-0.1, -0.05) is 6.92 Å². The van der Waals surface area contributed by atoms with Crippen molar-refractivity contribution < 1.29 is 8.78 Å². The van der Waals surface area contributed by atoms with E-state index < -0.39 is 12.0 Å². The molecule has 1 aliphatic heterocycles. The van der Waals surface area contributed by atoms with E-state index in [1.807, 2.05) is 0 Å². The molecule has 2 rings (SSSR count). The minimum atomic E-state index is -0.821. The van der Waals surface area contributed by atoms with Gasteiger partial charge in [0.05, 0.1) is 0 Å². The van der Waals surface area contributed by atoms with E-state index >= 15 is 0 Å². The summed E-state index contributed by atoms with van der Waals surface area (Å²) in [6.45, 7) is 2.71. The van der Waals surface area contributed by atoms with Crippen molar-refractivity contribution in [1.82, 2.24) is 9.97 Å². The Morgan fingerprint density at radius 3 is 2.94 bits per heavy atom. The number of halogens is 2. The third kappa shape index (κ3) is 1.91. The van der Waals surface area contributed by atoms with Crippen molar-refractivity contribution in [3.8, 4) is 0 Å².